The van der Waals surface area contributed by atoms with Crippen LogP contribution in [0.1, 0.15) is 24.0 Å². The minimum absolute atomic E-state index is 0.0181. The number of hydrogen-bond acceptors (Lipinski definition) is 3. The fourth-order valence-corrected chi connectivity index (χ4v) is 2.81. The second-order valence-electron chi connectivity index (χ2n) is 5.55. The summed E-state index contributed by atoms with van der Waals surface area (Å²) in [6.45, 7) is 0.500. The SMILES string of the molecule is O=C(Cc1ccsc1)NCc1ccc(NC(=O)C2CC2)cc1. The van der Waals surface area contributed by atoms with Crippen LogP contribution in [-0.4, -0.2) is 11.8 Å². The first-order chi connectivity index (χ1) is 10.7. The van der Waals surface area contributed by atoms with Crippen molar-refractivity contribution in [2.24, 2.45) is 5.92 Å². The Hall–Kier alpha value is -2.14. The molecular formula is C17H18N2O2S. The number of amides is 2. The second kappa shape index (κ2) is 6.75. The van der Waals surface area contributed by atoms with Gasteiger partial charge in [-0.15, -0.1) is 0 Å². The highest BCUT2D eigenvalue weighted by atomic mass is 32.1. The average molecular weight is 314 g/mol. The summed E-state index contributed by atoms with van der Waals surface area (Å²) < 4.78 is 0. The molecule has 4 nitrogen and oxygen atoms in total. The number of nitrogens with one attached hydrogen (secondary N) is 2. The van der Waals surface area contributed by atoms with Gasteiger partial charge in [-0.1, -0.05) is 12.1 Å². The molecular weight excluding hydrogens is 296 g/mol. The summed E-state index contributed by atoms with van der Waals surface area (Å²) in [4.78, 5) is 23.5. The maximum Gasteiger partial charge on any atom is 0.227 e. The van der Waals surface area contributed by atoms with Gasteiger partial charge in [0.15, 0.2) is 0 Å². The van der Waals surface area contributed by atoms with E-state index in [1.54, 1.807) is 11.3 Å². The zero-order valence-corrected chi connectivity index (χ0v) is 13.0. The summed E-state index contributed by atoms with van der Waals surface area (Å²) in [5.74, 6) is 0.331. The second-order valence-corrected chi connectivity index (χ2v) is 6.33. The Balaban J connectivity index is 1.46. The molecule has 0 unspecified atom stereocenters. The maximum atomic E-state index is 11.8. The molecule has 3 rings (SSSR count). The first kappa shape index (κ1) is 14.8. The zero-order valence-electron chi connectivity index (χ0n) is 12.2. The monoisotopic (exact) mass is 314 g/mol. The van der Waals surface area contributed by atoms with Crippen molar-refractivity contribution in [1.82, 2.24) is 5.32 Å². The van der Waals surface area contributed by atoms with Crippen molar-refractivity contribution in [3.63, 3.8) is 0 Å². The van der Waals surface area contributed by atoms with E-state index in [9.17, 15) is 9.59 Å². The number of carbonyl (C=O) groups is 2. The summed E-state index contributed by atoms with van der Waals surface area (Å²) in [5, 5.41) is 9.76. The summed E-state index contributed by atoms with van der Waals surface area (Å²) in [7, 11) is 0. The van der Waals surface area contributed by atoms with Crippen molar-refractivity contribution in [1.29, 1.82) is 0 Å². The third-order valence-corrected chi connectivity index (χ3v) is 4.34. The fraction of sp³-hybridized carbons (Fsp3) is 0.294. The molecule has 1 fully saturated rings. The van der Waals surface area contributed by atoms with Gasteiger partial charge in [-0.05, 0) is 52.9 Å². The van der Waals surface area contributed by atoms with Gasteiger partial charge in [-0.25, -0.2) is 0 Å². The Morgan fingerprint density at radius 3 is 2.50 bits per heavy atom. The molecule has 2 aromatic rings. The van der Waals surface area contributed by atoms with Crippen LogP contribution in [0.2, 0.25) is 0 Å². The fourth-order valence-electron chi connectivity index (χ4n) is 2.14. The van der Waals surface area contributed by atoms with Crippen molar-refractivity contribution in [2.75, 3.05) is 5.32 Å². The molecule has 0 saturated heterocycles. The Morgan fingerprint density at radius 2 is 1.86 bits per heavy atom. The van der Waals surface area contributed by atoms with Gasteiger partial charge in [-0.2, -0.15) is 11.3 Å². The third kappa shape index (κ3) is 4.18. The molecule has 2 N–H and O–H groups in total. The number of anilines is 1. The van der Waals surface area contributed by atoms with E-state index in [1.807, 2.05) is 41.1 Å². The lowest BCUT2D eigenvalue weighted by Gasteiger charge is -2.07. The van der Waals surface area contributed by atoms with Gasteiger partial charge in [0.25, 0.3) is 0 Å². The van der Waals surface area contributed by atoms with Gasteiger partial charge in [0.05, 0.1) is 6.42 Å². The molecule has 114 valence electrons. The van der Waals surface area contributed by atoms with Crippen LogP contribution >= 0.6 is 11.3 Å². The number of thiophene rings is 1. The molecule has 22 heavy (non-hydrogen) atoms. The van der Waals surface area contributed by atoms with E-state index in [4.69, 9.17) is 0 Å². The van der Waals surface area contributed by atoms with Crippen LogP contribution in [0.3, 0.4) is 0 Å². The zero-order chi connectivity index (χ0) is 15.4. The number of hydrogen-bond donors (Lipinski definition) is 2. The Kier molecular flexibility index (Phi) is 4.53. The standard InChI is InChI=1S/C17H18N2O2S/c20-16(9-13-7-8-22-11-13)18-10-12-1-5-15(6-2-12)19-17(21)14-3-4-14/h1-2,5-8,11,14H,3-4,9-10H2,(H,18,20)(H,19,21). The van der Waals surface area contributed by atoms with E-state index >= 15 is 0 Å². The van der Waals surface area contributed by atoms with E-state index in [0.717, 1.165) is 29.7 Å². The molecule has 1 saturated carbocycles. The Morgan fingerprint density at radius 1 is 1.09 bits per heavy atom. The normalized spacial score (nSPS) is 13.6. The Bertz CT molecular complexity index is 646. The smallest absolute Gasteiger partial charge is 0.227 e. The molecule has 0 aliphatic heterocycles. The van der Waals surface area contributed by atoms with Crippen LogP contribution in [-0.2, 0) is 22.6 Å². The van der Waals surface area contributed by atoms with Gasteiger partial charge in [0, 0.05) is 18.2 Å². The molecule has 0 bridgehead atoms. The lowest BCUT2D eigenvalue weighted by Crippen LogP contribution is -2.24. The molecule has 1 aromatic carbocycles. The van der Waals surface area contributed by atoms with Crippen LogP contribution in [0.5, 0.6) is 0 Å². The van der Waals surface area contributed by atoms with Crippen LogP contribution in [0.4, 0.5) is 5.69 Å². The van der Waals surface area contributed by atoms with Gasteiger partial charge >= 0.3 is 0 Å². The van der Waals surface area contributed by atoms with E-state index in [0.29, 0.717) is 13.0 Å². The van der Waals surface area contributed by atoms with Crippen molar-refractivity contribution in [2.45, 2.75) is 25.8 Å². The summed E-state index contributed by atoms with van der Waals surface area (Å²) in [5.41, 5.74) is 2.87. The third-order valence-electron chi connectivity index (χ3n) is 3.60. The van der Waals surface area contributed by atoms with Gasteiger partial charge in [-0.3, -0.25) is 9.59 Å². The topological polar surface area (TPSA) is 58.2 Å². The molecule has 5 heteroatoms. The number of benzene rings is 1. The highest BCUT2D eigenvalue weighted by molar-refractivity contribution is 7.08. The van der Waals surface area contributed by atoms with E-state index in [-0.39, 0.29) is 17.7 Å². The lowest BCUT2D eigenvalue weighted by atomic mass is 10.2. The molecule has 2 amide bonds. The largest absolute Gasteiger partial charge is 0.352 e. The molecule has 0 spiro atoms. The molecule has 0 atom stereocenters. The van der Waals surface area contributed by atoms with E-state index in [2.05, 4.69) is 10.6 Å². The van der Waals surface area contributed by atoms with Crippen molar-refractivity contribution < 1.29 is 9.59 Å². The summed E-state index contributed by atoms with van der Waals surface area (Å²) >= 11 is 1.59. The minimum atomic E-state index is 0.0181. The van der Waals surface area contributed by atoms with Gasteiger partial charge < -0.3 is 10.6 Å². The molecule has 1 heterocycles. The first-order valence-electron chi connectivity index (χ1n) is 7.38. The molecule has 0 radical (unpaired) electrons. The van der Waals surface area contributed by atoms with Crippen molar-refractivity contribution in [3.8, 4) is 0 Å². The average Bonchev–Trinajstić information content (AvgIpc) is 3.26. The quantitative estimate of drug-likeness (QED) is 0.861. The molecule has 1 aromatic heterocycles. The highest BCUT2D eigenvalue weighted by Gasteiger charge is 2.29. The maximum absolute atomic E-state index is 11.8. The molecule has 1 aliphatic rings. The van der Waals surface area contributed by atoms with Crippen LogP contribution < -0.4 is 10.6 Å². The first-order valence-corrected chi connectivity index (χ1v) is 8.32. The predicted molar refractivity (Wildman–Crippen MR) is 87.7 cm³/mol. The predicted octanol–water partition coefficient (Wildman–Crippen LogP) is 2.96. The number of carbonyl (C=O) groups excluding carboxylic acids is 2. The van der Waals surface area contributed by atoms with E-state index in [1.165, 1.54) is 0 Å². The molecule has 1 aliphatic carbocycles. The number of rotatable bonds is 6. The van der Waals surface area contributed by atoms with Crippen LogP contribution in [0, 0.1) is 5.92 Å². The van der Waals surface area contributed by atoms with E-state index < -0.39 is 0 Å². The Labute approximate surface area is 133 Å². The van der Waals surface area contributed by atoms with Crippen molar-refractivity contribution in [3.05, 3.63) is 52.2 Å². The van der Waals surface area contributed by atoms with Gasteiger partial charge in [0.2, 0.25) is 11.8 Å². The summed E-state index contributed by atoms with van der Waals surface area (Å²) in [6, 6.07) is 9.56. The highest BCUT2D eigenvalue weighted by Crippen LogP contribution is 2.30. The van der Waals surface area contributed by atoms with Crippen LogP contribution in [0.15, 0.2) is 41.1 Å². The van der Waals surface area contributed by atoms with Gasteiger partial charge in [0.1, 0.15) is 0 Å². The lowest BCUT2D eigenvalue weighted by molar-refractivity contribution is -0.120. The van der Waals surface area contributed by atoms with Crippen LogP contribution in [0.25, 0.3) is 0 Å². The minimum Gasteiger partial charge on any atom is -0.352 e. The van der Waals surface area contributed by atoms with Crippen molar-refractivity contribution >= 4 is 28.8 Å². The summed E-state index contributed by atoms with van der Waals surface area (Å²) in [6.07, 6.45) is 2.42.